The summed E-state index contributed by atoms with van der Waals surface area (Å²) in [5.74, 6) is -1.35. The van der Waals surface area contributed by atoms with E-state index < -0.39 is 22.9 Å². The van der Waals surface area contributed by atoms with Crippen molar-refractivity contribution in [1.82, 2.24) is 0 Å². The summed E-state index contributed by atoms with van der Waals surface area (Å²) in [6.45, 7) is 3.96. The summed E-state index contributed by atoms with van der Waals surface area (Å²) in [6, 6.07) is 1.78. The Labute approximate surface area is 157 Å². The quantitative estimate of drug-likeness (QED) is 0.743. The van der Waals surface area contributed by atoms with E-state index in [-0.39, 0.29) is 17.7 Å². The minimum Gasteiger partial charge on any atom is -0.472 e. The summed E-state index contributed by atoms with van der Waals surface area (Å²) in [5.41, 5.74) is 0.759. The van der Waals surface area contributed by atoms with E-state index in [1.54, 1.807) is 24.7 Å². The second-order valence-corrected chi connectivity index (χ2v) is 8.04. The first kappa shape index (κ1) is 17.8. The van der Waals surface area contributed by atoms with Crippen molar-refractivity contribution in [1.29, 1.82) is 0 Å². The molecule has 6 heteroatoms. The number of hydrogen-bond acceptors (Lipinski definition) is 6. The number of cyclic esters (lactones) is 1. The Balaban J connectivity index is 1.80. The topological polar surface area (TPSA) is 82.8 Å². The molecule has 0 bridgehead atoms. The van der Waals surface area contributed by atoms with Crippen molar-refractivity contribution in [2.45, 2.75) is 39.2 Å². The number of fused-ring (bicyclic) bond motifs is 3. The highest BCUT2D eigenvalue weighted by Crippen LogP contribution is 2.62. The molecule has 2 aliphatic carbocycles. The lowest BCUT2D eigenvalue weighted by molar-refractivity contribution is -0.174. The lowest BCUT2D eigenvalue weighted by Gasteiger charge is -2.55. The Hall–Kier alpha value is -2.63. The highest BCUT2D eigenvalue weighted by atomic mass is 16.5. The van der Waals surface area contributed by atoms with Gasteiger partial charge in [-0.1, -0.05) is 13.8 Å². The van der Waals surface area contributed by atoms with Gasteiger partial charge in [0, 0.05) is 16.4 Å². The summed E-state index contributed by atoms with van der Waals surface area (Å²) in [7, 11) is 1.31. The first-order valence-electron chi connectivity index (χ1n) is 9.09. The molecule has 142 valence electrons. The van der Waals surface area contributed by atoms with Gasteiger partial charge in [0.2, 0.25) is 0 Å². The van der Waals surface area contributed by atoms with Crippen molar-refractivity contribution in [2.24, 2.45) is 16.7 Å². The molecule has 4 atom stereocenters. The van der Waals surface area contributed by atoms with Crippen LogP contribution in [0.15, 0.2) is 46.3 Å². The van der Waals surface area contributed by atoms with Crippen LogP contribution in [-0.4, -0.2) is 24.8 Å². The molecular weight excluding hydrogens is 348 g/mol. The molecule has 1 aromatic rings. The van der Waals surface area contributed by atoms with E-state index >= 15 is 0 Å². The van der Waals surface area contributed by atoms with Crippen LogP contribution in [0.4, 0.5) is 0 Å². The monoisotopic (exact) mass is 370 g/mol. The molecule has 0 radical (unpaired) electrons. The summed E-state index contributed by atoms with van der Waals surface area (Å²) in [5, 5.41) is 0. The number of rotatable bonds is 2. The molecule has 4 rings (SSSR count). The summed E-state index contributed by atoms with van der Waals surface area (Å²) < 4.78 is 15.8. The number of carbonyl (C=O) groups excluding carboxylic acids is 3. The van der Waals surface area contributed by atoms with E-state index in [4.69, 9.17) is 13.9 Å². The SMILES string of the molecule is COC(=O)C1=CC(=O)C=C2[C@@]1(C)CC[C@H]1C(=O)O[C@H](c3ccoc3)C[C@]21C. The molecule has 2 fully saturated rings. The van der Waals surface area contributed by atoms with Crippen molar-refractivity contribution >= 4 is 17.7 Å². The van der Waals surface area contributed by atoms with Crippen LogP contribution in [-0.2, 0) is 23.9 Å². The van der Waals surface area contributed by atoms with Crippen molar-refractivity contribution in [2.75, 3.05) is 7.11 Å². The van der Waals surface area contributed by atoms with Crippen LogP contribution < -0.4 is 0 Å². The van der Waals surface area contributed by atoms with Crippen molar-refractivity contribution in [3.05, 3.63) is 47.5 Å². The zero-order valence-electron chi connectivity index (χ0n) is 15.6. The summed E-state index contributed by atoms with van der Waals surface area (Å²) in [6.07, 6.45) is 7.35. The standard InChI is InChI=1S/C21H22O6/c1-20-6-4-14-19(24)27-16(12-5-7-26-11-12)10-21(14,2)17(20)9-13(22)8-15(20)18(23)25-3/h5,7-9,11,14,16H,4,6,10H2,1-3H3/t14-,16-,20-,21-/m0/s1. The largest absolute Gasteiger partial charge is 0.472 e. The second-order valence-electron chi connectivity index (χ2n) is 8.04. The van der Waals surface area contributed by atoms with Crippen LogP contribution in [0.25, 0.3) is 0 Å². The van der Waals surface area contributed by atoms with Gasteiger partial charge >= 0.3 is 11.9 Å². The van der Waals surface area contributed by atoms with Crippen molar-refractivity contribution in [3.63, 3.8) is 0 Å². The second kappa shape index (κ2) is 5.94. The molecule has 0 N–H and O–H groups in total. The van der Waals surface area contributed by atoms with Gasteiger partial charge in [0.15, 0.2) is 5.78 Å². The Kier molecular flexibility index (Phi) is 3.91. The van der Waals surface area contributed by atoms with Gasteiger partial charge in [-0.2, -0.15) is 0 Å². The lowest BCUT2D eigenvalue weighted by Crippen LogP contribution is -2.52. The first-order chi connectivity index (χ1) is 12.8. The number of ketones is 1. The third-order valence-corrected chi connectivity index (χ3v) is 6.55. The minimum absolute atomic E-state index is 0.247. The van der Waals surface area contributed by atoms with E-state index in [9.17, 15) is 14.4 Å². The lowest BCUT2D eigenvalue weighted by atomic mass is 9.49. The average molecular weight is 370 g/mol. The highest BCUT2D eigenvalue weighted by molar-refractivity contribution is 6.08. The molecule has 27 heavy (non-hydrogen) atoms. The fourth-order valence-corrected chi connectivity index (χ4v) is 5.11. The first-order valence-corrected chi connectivity index (χ1v) is 9.09. The number of furan rings is 1. The molecule has 1 saturated heterocycles. The number of ether oxygens (including phenoxy) is 2. The number of carbonyl (C=O) groups is 3. The van der Waals surface area contributed by atoms with E-state index in [1.807, 2.05) is 13.8 Å². The fourth-order valence-electron chi connectivity index (χ4n) is 5.11. The van der Waals surface area contributed by atoms with E-state index in [2.05, 4.69) is 0 Å². The zero-order valence-corrected chi connectivity index (χ0v) is 15.6. The van der Waals surface area contributed by atoms with Crippen LogP contribution in [0.3, 0.4) is 0 Å². The third kappa shape index (κ3) is 2.50. The Morgan fingerprint density at radius 3 is 2.70 bits per heavy atom. The van der Waals surface area contributed by atoms with Gasteiger partial charge in [-0.05, 0) is 43.1 Å². The fraction of sp³-hybridized carbons (Fsp3) is 0.476. The normalized spacial score (nSPS) is 35.4. The van der Waals surface area contributed by atoms with Crippen molar-refractivity contribution < 1.29 is 28.3 Å². The van der Waals surface area contributed by atoms with Gasteiger partial charge in [0.1, 0.15) is 6.10 Å². The van der Waals surface area contributed by atoms with Crippen molar-refractivity contribution in [3.8, 4) is 0 Å². The Morgan fingerprint density at radius 1 is 1.26 bits per heavy atom. The maximum Gasteiger partial charge on any atom is 0.334 e. The molecule has 0 amide bonds. The van der Waals surface area contributed by atoms with Gasteiger partial charge < -0.3 is 13.9 Å². The van der Waals surface area contributed by atoms with E-state index in [1.165, 1.54) is 13.2 Å². The van der Waals surface area contributed by atoms with Gasteiger partial charge in [-0.25, -0.2) is 4.79 Å². The molecule has 1 saturated carbocycles. The Bertz CT molecular complexity index is 876. The van der Waals surface area contributed by atoms with Gasteiger partial charge in [0.25, 0.3) is 0 Å². The van der Waals surface area contributed by atoms with Gasteiger partial charge in [0.05, 0.1) is 31.1 Å². The summed E-state index contributed by atoms with van der Waals surface area (Å²) >= 11 is 0. The molecule has 6 nitrogen and oxygen atoms in total. The number of hydrogen-bond donors (Lipinski definition) is 0. The van der Waals surface area contributed by atoms with Crippen LogP contribution in [0, 0.1) is 16.7 Å². The third-order valence-electron chi connectivity index (χ3n) is 6.55. The molecule has 0 unspecified atom stereocenters. The van der Waals surface area contributed by atoms with Crippen LogP contribution in [0.2, 0.25) is 0 Å². The van der Waals surface area contributed by atoms with Gasteiger partial charge in [-0.3, -0.25) is 9.59 Å². The van der Waals surface area contributed by atoms with Crippen LogP contribution in [0.1, 0.15) is 44.8 Å². The number of esters is 2. The average Bonchev–Trinajstić information content (AvgIpc) is 3.16. The predicted octanol–water partition coefficient (Wildman–Crippen LogP) is 3.30. The predicted molar refractivity (Wildman–Crippen MR) is 94.3 cm³/mol. The Morgan fingerprint density at radius 2 is 2.04 bits per heavy atom. The molecule has 2 heterocycles. The molecular formula is C21H22O6. The highest BCUT2D eigenvalue weighted by Gasteiger charge is 2.59. The molecule has 1 aromatic heterocycles. The molecule has 0 aromatic carbocycles. The molecule has 0 spiro atoms. The van der Waals surface area contributed by atoms with E-state index in [0.717, 1.165) is 11.1 Å². The molecule has 3 aliphatic rings. The summed E-state index contributed by atoms with van der Waals surface area (Å²) in [4.78, 5) is 37.6. The van der Waals surface area contributed by atoms with Crippen LogP contribution in [0.5, 0.6) is 0 Å². The maximum absolute atomic E-state index is 12.8. The smallest absolute Gasteiger partial charge is 0.334 e. The van der Waals surface area contributed by atoms with E-state index in [0.29, 0.717) is 24.8 Å². The minimum atomic E-state index is -0.634. The maximum atomic E-state index is 12.8. The molecule has 1 aliphatic heterocycles. The van der Waals surface area contributed by atoms with Crippen LogP contribution >= 0.6 is 0 Å². The van der Waals surface area contributed by atoms with Gasteiger partial charge in [-0.15, -0.1) is 0 Å². The number of methoxy groups -OCH3 is 1. The number of allylic oxidation sites excluding steroid dienone is 3. The zero-order chi connectivity index (χ0) is 19.4.